The fourth-order valence-corrected chi connectivity index (χ4v) is 4.44. The van der Waals surface area contributed by atoms with Gasteiger partial charge >= 0.3 is 5.97 Å². The summed E-state index contributed by atoms with van der Waals surface area (Å²) in [7, 11) is 1.67. The van der Waals surface area contributed by atoms with Gasteiger partial charge in [-0.2, -0.15) is 0 Å². The molecule has 150 valence electrons. The molecule has 2 amide bonds. The van der Waals surface area contributed by atoms with Gasteiger partial charge < -0.3 is 10.0 Å². The van der Waals surface area contributed by atoms with Crippen molar-refractivity contribution >= 4 is 51.7 Å². The van der Waals surface area contributed by atoms with Crippen LogP contribution in [0.4, 0.5) is 11.4 Å². The SMILES string of the molecule is C=CCN1C(=O)/C(=C2/C(=O)N(C)c3ccccc32)SC1=Nc1cccc(C(=O)O)c1. The second-order valence-corrected chi connectivity index (χ2v) is 7.62. The fourth-order valence-electron chi connectivity index (χ4n) is 3.34. The minimum Gasteiger partial charge on any atom is -0.478 e. The van der Waals surface area contributed by atoms with Gasteiger partial charge in [-0.15, -0.1) is 6.58 Å². The molecule has 8 heteroatoms. The van der Waals surface area contributed by atoms with Crippen LogP contribution in [0.15, 0.2) is 71.1 Å². The summed E-state index contributed by atoms with van der Waals surface area (Å²) in [5.74, 6) is -1.64. The third-order valence-electron chi connectivity index (χ3n) is 4.77. The number of carboxylic acid groups (broad SMARTS) is 1. The van der Waals surface area contributed by atoms with Gasteiger partial charge in [0.1, 0.15) is 0 Å². The zero-order valence-electron chi connectivity index (χ0n) is 16.0. The number of hydrogen-bond donors (Lipinski definition) is 1. The van der Waals surface area contributed by atoms with Crippen LogP contribution in [0.25, 0.3) is 5.57 Å². The first-order valence-electron chi connectivity index (χ1n) is 9.06. The molecule has 0 atom stereocenters. The van der Waals surface area contributed by atoms with Crippen molar-refractivity contribution in [3.05, 3.63) is 77.2 Å². The van der Waals surface area contributed by atoms with Crippen LogP contribution in [0.2, 0.25) is 0 Å². The van der Waals surface area contributed by atoms with Gasteiger partial charge in [-0.1, -0.05) is 30.3 Å². The maximum atomic E-state index is 13.2. The van der Waals surface area contributed by atoms with E-state index in [1.54, 1.807) is 25.3 Å². The molecular formula is C22H17N3O4S. The van der Waals surface area contributed by atoms with Gasteiger partial charge in [-0.05, 0) is 36.0 Å². The number of carbonyl (C=O) groups is 3. The number of carbonyl (C=O) groups excluding carboxylic acids is 2. The van der Waals surface area contributed by atoms with E-state index in [1.165, 1.54) is 21.9 Å². The highest BCUT2D eigenvalue weighted by Crippen LogP contribution is 2.44. The van der Waals surface area contributed by atoms with Gasteiger partial charge in [-0.3, -0.25) is 14.5 Å². The van der Waals surface area contributed by atoms with Crippen LogP contribution in [0.1, 0.15) is 15.9 Å². The third-order valence-corrected chi connectivity index (χ3v) is 5.85. The minimum atomic E-state index is -1.06. The van der Waals surface area contributed by atoms with Crippen LogP contribution in [0.5, 0.6) is 0 Å². The molecule has 1 N–H and O–H groups in total. The molecule has 2 aromatic carbocycles. The van der Waals surface area contributed by atoms with Gasteiger partial charge in [0.2, 0.25) is 0 Å². The highest BCUT2D eigenvalue weighted by Gasteiger charge is 2.41. The number of rotatable bonds is 4. The van der Waals surface area contributed by atoms with Crippen molar-refractivity contribution in [3.8, 4) is 0 Å². The second kappa shape index (κ2) is 7.64. The van der Waals surface area contributed by atoms with Gasteiger partial charge in [0.25, 0.3) is 11.8 Å². The molecule has 30 heavy (non-hydrogen) atoms. The first-order valence-corrected chi connectivity index (χ1v) is 9.88. The first kappa shape index (κ1) is 19.7. The zero-order chi connectivity index (χ0) is 21.4. The van der Waals surface area contributed by atoms with E-state index in [9.17, 15) is 19.5 Å². The standard InChI is InChI=1S/C22H17N3O4S/c1-3-11-25-20(27)18(17-15-9-4-5-10-16(15)24(2)19(17)26)30-22(25)23-14-8-6-7-13(12-14)21(28)29/h3-10,12H,1,11H2,2H3,(H,28,29)/b18-17-,23-22?. The van der Waals surface area contributed by atoms with E-state index in [0.29, 0.717) is 26.9 Å². The van der Waals surface area contributed by atoms with E-state index in [1.807, 2.05) is 24.3 Å². The Kier molecular flexibility index (Phi) is 5.01. The lowest BCUT2D eigenvalue weighted by Crippen LogP contribution is -2.29. The Hall–Kier alpha value is -3.65. The third kappa shape index (κ3) is 3.21. The number of anilines is 1. The largest absolute Gasteiger partial charge is 0.478 e. The predicted octanol–water partition coefficient (Wildman–Crippen LogP) is 3.52. The Morgan fingerprint density at radius 2 is 1.93 bits per heavy atom. The van der Waals surface area contributed by atoms with E-state index in [-0.39, 0.29) is 23.9 Å². The quantitative estimate of drug-likeness (QED) is 0.605. The molecule has 0 aliphatic carbocycles. The normalized spacial score (nSPS) is 19.6. The maximum Gasteiger partial charge on any atom is 0.335 e. The van der Waals surface area contributed by atoms with Crippen LogP contribution in [-0.2, 0) is 9.59 Å². The van der Waals surface area contributed by atoms with E-state index in [4.69, 9.17) is 0 Å². The topological polar surface area (TPSA) is 90.3 Å². The van der Waals surface area contributed by atoms with Crippen molar-refractivity contribution in [1.29, 1.82) is 0 Å². The van der Waals surface area contributed by atoms with Crippen LogP contribution in [0, 0.1) is 0 Å². The van der Waals surface area contributed by atoms with Gasteiger partial charge in [0.15, 0.2) is 5.17 Å². The van der Waals surface area contributed by atoms with Crippen LogP contribution < -0.4 is 4.90 Å². The molecule has 0 spiro atoms. The van der Waals surface area contributed by atoms with Crippen LogP contribution in [0.3, 0.4) is 0 Å². The molecule has 0 aromatic heterocycles. The number of nitrogens with zero attached hydrogens (tertiary/aromatic N) is 3. The minimum absolute atomic E-state index is 0.0987. The number of aromatic carboxylic acids is 1. The van der Waals surface area contributed by atoms with Crippen molar-refractivity contribution in [2.24, 2.45) is 4.99 Å². The van der Waals surface area contributed by atoms with Gasteiger partial charge in [0.05, 0.1) is 27.4 Å². The smallest absolute Gasteiger partial charge is 0.335 e. The van der Waals surface area contributed by atoms with Gasteiger partial charge in [-0.25, -0.2) is 9.79 Å². The second-order valence-electron chi connectivity index (χ2n) is 6.64. The number of amidine groups is 1. The van der Waals surface area contributed by atoms with E-state index >= 15 is 0 Å². The molecule has 0 bridgehead atoms. The van der Waals surface area contributed by atoms with Crippen molar-refractivity contribution in [2.75, 3.05) is 18.5 Å². The van der Waals surface area contributed by atoms with E-state index < -0.39 is 5.97 Å². The average Bonchev–Trinajstić information content (AvgIpc) is 3.17. The number of aliphatic imine (C=N–C) groups is 1. The molecule has 0 saturated carbocycles. The predicted molar refractivity (Wildman–Crippen MR) is 117 cm³/mol. The summed E-state index contributed by atoms with van der Waals surface area (Å²) in [6, 6.07) is 13.5. The molecule has 2 aliphatic rings. The number of hydrogen-bond acceptors (Lipinski definition) is 5. The lowest BCUT2D eigenvalue weighted by atomic mass is 10.1. The molecule has 7 nitrogen and oxygen atoms in total. The lowest BCUT2D eigenvalue weighted by Gasteiger charge is -2.12. The Morgan fingerprint density at radius 3 is 2.67 bits per heavy atom. The molecule has 0 unspecified atom stereocenters. The fraction of sp³-hybridized carbons (Fsp3) is 0.0909. The number of amides is 2. The summed E-state index contributed by atoms with van der Waals surface area (Å²) in [5.41, 5.74) is 2.30. The van der Waals surface area contributed by atoms with Crippen molar-refractivity contribution in [3.63, 3.8) is 0 Å². The van der Waals surface area contributed by atoms with Crippen molar-refractivity contribution in [1.82, 2.24) is 4.90 Å². The molecule has 4 rings (SSSR count). The van der Waals surface area contributed by atoms with Crippen LogP contribution >= 0.6 is 11.8 Å². The highest BCUT2D eigenvalue weighted by atomic mass is 32.2. The first-order chi connectivity index (χ1) is 14.4. The Morgan fingerprint density at radius 1 is 1.17 bits per heavy atom. The zero-order valence-corrected chi connectivity index (χ0v) is 16.8. The molecule has 1 saturated heterocycles. The molecule has 1 fully saturated rings. The number of para-hydroxylation sites is 1. The van der Waals surface area contributed by atoms with Crippen LogP contribution in [-0.4, -0.2) is 46.6 Å². The summed E-state index contributed by atoms with van der Waals surface area (Å²) in [5, 5.41) is 9.57. The van der Waals surface area contributed by atoms with Crippen molar-refractivity contribution < 1.29 is 19.5 Å². The molecule has 2 aliphatic heterocycles. The molecule has 2 aromatic rings. The number of thioether (sulfide) groups is 1. The summed E-state index contributed by atoms with van der Waals surface area (Å²) in [6.07, 6.45) is 1.58. The Labute approximate surface area is 177 Å². The number of carboxylic acids is 1. The molecule has 0 radical (unpaired) electrons. The molecular weight excluding hydrogens is 402 g/mol. The average molecular weight is 419 g/mol. The van der Waals surface area contributed by atoms with E-state index in [2.05, 4.69) is 11.6 Å². The van der Waals surface area contributed by atoms with E-state index in [0.717, 1.165) is 17.4 Å². The monoisotopic (exact) mass is 419 g/mol. The van der Waals surface area contributed by atoms with Crippen molar-refractivity contribution in [2.45, 2.75) is 0 Å². The summed E-state index contributed by atoms with van der Waals surface area (Å²) >= 11 is 1.11. The number of benzene rings is 2. The number of likely N-dealkylation sites (N-methyl/N-ethyl adjacent to an activating group) is 1. The highest BCUT2D eigenvalue weighted by molar-refractivity contribution is 8.18. The number of fused-ring (bicyclic) bond motifs is 1. The maximum absolute atomic E-state index is 13.2. The lowest BCUT2D eigenvalue weighted by molar-refractivity contribution is -0.122. The summed E-state index contributed by atoms with van der Waals surface area (Å²) < 4.78 is 0. The summed E-state index contributed by atoms with van der Waals surface area (Å²) in [6.45, 7) is 3.91. The van der Waals surface area contributed by atoms with Gasteiger partial charge in [0, 0.05) is 19.2 Å². The summed E-state index contributed by atoms with van der Waals surface area (Å²) in [4.78, 5) is 45.1. The Balaban J connectivity index is 1.82. The molecule has 2 heterocycles. The Bertz CT molecular complexity index is 1170.